The summed E-state index contributed by atoms with van der Waals surface area (Å²) in [4.78, 5) is 20.9. The van der Waals surface area contributed by atoms with E-state index in [1.807, 2.05) is 42.5 Å². The largest absolute Gasteiger partial charge is 0.497 e. The first-order chi connectivity index (χ1) is 16.6. The number of hydrogen-bond acceptors (Lipinski definition) is 6. The zero-order valence-corrected chi connectivity index (χ0v) is 20.3. The summed E-state index contributed by atoms with van der Waals surface area (Å²) < 4.78 is 12.0. The minimum atomic E-state index is 0.0124. The van der Waals surface area contributed by atoms with Crippen LogP contribution in [0.5, 0.6) is 11.5 Å². The number of rotatable bonds is 6. The van der Waals surface area contributed by atoms with Crippen LogP contribution in [-0.2, 0) is 0 Å². The number of benzene rings is 3. The van der Waals surface area contributed by atoms with Gasteiger partial charge in [0.05, 0.1) is 24.4 Å². The minimum absolute atomic E-state index is 0.0124. The number of fused-ring (bicyclic) bond motifs is 1. The van der Waals surface area contributed by atoms with E-state index in [4.69, 9.17) is 14.5 Å². The fourth-order valence-corrected chi connectivity index (χ4v) is 5.45. The smallest absolute Gasteiger partial charge is 0.191 e. The number of ether oxygens (including phenoxy) is 2. The maximum Gasteiger partial charge on any atom is 0.191 e. The molecule has 0 fully saturated rings. The second-order valence-electron chi connectivity index (χ2n) is 8.39. The molecular formula is C28H26N2O3S. The number of aryl methyl sites for hydroxylation is 1. The molecular weight excluding hydrogens is 444 g/mol. The molecule has 1 aromatic heterocycles. The van der Waals surface area contributed by atoms with Crippen molar-refractivity contribution < 1.29 is 14.3 Å². The maximum absolute atomic E-state index is 13.8. The van der Waals surface area contributed by atoms with Crippen LogP contribution in [0.1, 0.15) is 27.9 Å². The van der Waals surface area contributed by atoms with E-state index < -0.39 is 0 Å². The molecule has 0 amide bonds. The Balaban J connectivity index is 1.57. The van der Waals surface area contributed by atoms with Gasteiger partial charge in [-0.2, -0.15) is 0 Å². The van der Waals surface area contributed by atoms with E-state index in [1.165, 1.54) is 10.3 Å². The fraction of sp³-hybridized carbons (Fsp3) is 0.214. The van der Waals surface area contributed by atoms with Gasteiger partial charge in [-0.1, -0.05) is 41.7 Å². The van der Waals surface area contributed by atoms with Crippen LogP contribution in [0.25, 0.3) is 15.8 Å². The van der Waals surface area contributed by atoms with Gasteiger partial charge in [0.2, 0.25) is 0 Å². The van der Waals surface area contributed by atoms with Crippen molar-refractivity contribution in [2.24, 2.45) is 0 Å². The number of hydrogen-bond donors (Lipinski definition) is 0. The van der Waals surface area contributed by atoms with Gasteiger partial charge < -0.3 is 14.4 Å². The summed E-state index contributed by atoms with van der Waals surface area (Å²) in [6.45, 7) is 3.38. The van der Waals surface area contributed by atoms with Gasteiger partial charge in [0, 0.05) is 24.2 Å². The summed E-state index contributed by atoms with van der Waals surface area (Å²) in [6, 6.07) is 21.6. The Bertz CT molecular complexity index is 1410. The molecule has 0 unspecified atom stereocenters. The van der Waals surface area contributed by atoms with Crippen LogP contribution in [0.2, 0.25) is 0 Å². The highest BCUT2D eigenvalue weighted by Crippen LogP contribution is 2.36. The van der Waals surface area contributed by atoms with Crippen molar-refractivity contribution in [3.05, 3.63) is 89.0 Å². The molecule has 1 aliphatic rings. The summed E-state index contributed by atoms with van der Waals surface area (Å²) in [5, 5.41) is 0.946. The molecule has 0 saturated heterocycles. The summed E-state index contributed by atoms with van der Waals surface area (Å²) in [5.74, 6) is 1.46. The first-order valence-electron chi connectivity index (χ1n) is 11.2. The lowest BCUT2D eigenvalue weighted by Gasteiger charge is -2.30. The Hall–Kier alpha value is -3.64. The first-order valence-corrected chi connectivity index (χ1v) is 12.0. The lowest BCUT2D eigenvalue weighted by Crippen LogP contribution is -2.34. The van der Waals surface area contributed by atoms with Crippen molar-refractivity contribution >= 4 is 38.0 Å². The number of carbonyl (C=O) groups is 1. The van der Waals surface area contributed by atoms with Gasteiger partial charge in [0.1, 0.15) is 11.5 Å². The normalized spacial score (nSPS) is 13.9. The number of ketones is 1. The third-order valence-corrected chi connectivity index (χ3v) is 7.25. The predicted octanol–water partition coefficient (Wildman–Crippen LogP) is 6.17. The highest BCUT2D eigenvalue weighted by molar-refractivity contribution is 7.22. The second-order valence-corrected chi connectivity index (χ2v) is 9.40. The van der Waals surface area contributed by atoms with Crippen molar-refractivity contribution in [1.29, 1.82) is 0 Å². The molecule has 4 aromatic rings. The lowest BCUT2D eigenvalue weighted by molar-refractivity contribution is 0.103. The Kier molecular flexibility index (Phi) is 6.07. The molecule has 5 rings (SSSR count). The quantitative estimate of drug-likeness (QED) is 0.316. The second kappa shape index (κ2) is 9.31. The molecule has 0 spiro atoms. The fourth-order valence-electron chi connectivity index (χ4n) is 4.36. The van der Waals surface area contributed by atoms with Crippen molar-refractivity contribution in [2.75, 3.05) is 32.2 Å². The molecule has 0 bridgehead atoms. The van der Waals surface area contributed by atoms with Crippen molar-refractivity contribution in [3.8, 4) is 11.5 Å². The third kappa shape index (κ3) is 4.29. The molecule has 0 radical (unpaired) electrons. The topological polar surface area (TPSA) is 51.7 Å². The van der Waals surface area contributed by atoms with Gasteiger partial charge in [-0.3, -0.25) is 4.79 Å². The highest BCUT2D eigenvalue weighted by atomic mass is 32.1. The molecule has 6 heteroatoms. The third-order valence-electron chi connectivity index (χ3n) is 6.17. The predicted molar refractivity (Wildman–Crippen MR) is 138 cm³/mol. The van der Waals surface area contributed by atoms with Gasteiger partial charge in [0.15, 0.2) is 10.9 Å². The van der Waals surface area contributed by atoms with Crippen LogP contribution in [0, 0.1) is 6.92 Å². The number of thiazole rings is 1. The summed E-state index contributed by atoms with van der Waals surface area (Å²) >= 11 is 1.68. The van der Waals surface area contributed by atoms with Crippen molar-refractivity contribution in [2.45, 2.75) is 13.3 Å². The van der Waals surface area contributed by atoms with E-state index in [1.54, 1.807) is 31.6 Å². The van der Waals surface area contributed by atoms with E-state index in [9.17, 15) is 4.79 Å². The molecule has 0 aliphatic carbocycles. The number of methoxy groups -OCH3 is 2. The molecule has 0 N–H and O–H groups in total. The standard InChI is InChI=1S/C28H26N2O3S/c1-18-10-11-25-26(14-18)34-28(29-25)30-13-12-23(19-6-4-8-21(15-19)32-2)24(17-30)27(31)20-7-5-9-22(16-20)33-3/h4-11,14-16H,12-13,17H2,1-3H3. The number of Topliss-reactive ketones (excluding diaryl/α,β-unsaturated/α-hetero) is 1. The number of anilines is 1. The number of nitrogens with zero attached hydrogens (tertiary/aromatic N) is 2. The van der Waals surface area contributed by atoms with Crippen LogP contribution >= 0.6 is 11.3 Å². The molecule has 3 aromatic carbocycles. The summed E-state index contributed by atoms with van der Waals surface area (Å²) in [6.07, 6.45) is 0.743. The van der Waals surface area contributed by atoms with Gasteiger partial charge in [0.25, 0.3) is 0 Å². The minimum Gasteiger partial charge on any atom is -0.497 e. The molecule has 0 saturated carbocycles. The molecule has 0 atom stereocenters. The van der Waals surface area contributed by atoms with Crippen LogP contribution in [-0.4, -0.2) is 38.1 Å². The summed E-state index contributed by atoms with van der Waals surface area (Å²) in [7, 11) is 3.27. The van der Waals surface area contributed by atoms with Crippen LogP contribution < -0.4 is 14.4 Å². The molecule has 172 valence electrons. The summed E-state index contributed by atoms with van der Waals surface area (Å²) in [5.41, 5.74) is 5.69. The SMILES string of the molecule is COc1cccc(C(=O)C2=C(c3cccc(OC)c3)CCN(c3nc4ccc(C)cc4s3)C2)c1. The van der Waals surface area contributed by atoms with Gasteiger partial charge in [-0.05, 0) is 66.4 Å². The van der Waals surface area contributed by atoms with Crippen LogP contribution in [0.15, 0.2) is 72.3 Å². The molecule has 5 nitrogen and oxygen atoms in total. The van der Waals surface area contributed by atoms with Crippen LogP contribution in [0.3, 0.4) is 0 Å². The lowest BCUT2D eigenvalue weighted by atomic mass is 9.89. The van der Waals surface area contributed by atoms with E-state index in [0.29, 0.717) is 17.9 Å². The van der Waals surface area contributed by atoms with E-state index in [-0.39, 0.29) is 5.78 Å². The Morgan fingerprint density at radius 3 is 2.53 bits per heavy atom. The van der Waals surface area contributed by atoms with Crippen LogP contribution in [0.4, 0.5) is 5.13 Å². The van der Waals surface area contributed by atoms with Gasteiger partial charge in [-0.15, -0.1) is 0 Å². The maximum atomic E-state index is 13.8. The molecule has 2 heterocycles. The van der Waals surface area contributed by atoms with E-state index >= 15 is 0 Å². The average molecular weight is 471 g/mol. The van der Waals surface area contributed by atoms with Gasteiger partial charge >= 0.3 is 0 Å². The van der Waals surface area contributed by atoms with Crippen molar-refractivity contribution in [1.82, 2.24) is 4.98 Å². The number of aromatic nitrogens is 1. The first kappa shape index (κ1) is 22.2. The molecule has 34 heavy (non-hydrogen) atoms. The average Bonchev–Trinajstić information content (AvgIpc) is 3.31. The van der Waals surface area contributed by atoms with Crippen molar-refractivity contribution in [3.63, 3.8) is 0 Å². The highest BCUT2D eigenvalue weighted by Gasteiger charge is 2.27. The monoisotopic (exact) mass is 470 g/mol. The Morgan fingerprint density at radius 1 is 0.971 bits per heavy atom. The zero-order valence-electron chi connectivity index (χ0n) is 19.5. The van der Waals surface area contributed by atoms with Gasteiger partial charge in [-0.25, -0.2) is 4.98 Å². The zero-order chi connectivity index (χ0) is 23.7. The Morgan fingerprint density at radius 2 is 1.74 bits per heavy atom. The number of carbonyl (C=O) groups excluding carboxylic acids is 1. The van der Waals surface area contributed by atoms with E-state index in [2.05, 4.69) is 30.0 Å². The Labute approximate surface area is 203 Å². The van der Waals surface area contributed by atoms with E-state index in [0.717, 1.165) is 46.1 Å². The molecule has 1 aliphatic heterocycles.